The Balaban J connectivity index is 1.20. The number of ether oxygens (including phenoxy) is 2. The van der Waals surface area contributed by atoms with Crippen LogP contribution in [0.1, 0.15) is 124 Å². The van der Waals surface area contributed by atoms with E-state index in [0.717, 1.165) is 41.9 Å². The first-order valence-corrected chi connectivity index (χ1v) is 18.8. The molecule has 0 aromatic heterocycles. The molecule has 0 spiro atoms. The van der Waals surface area contributed by atoms with Gasteiger partial charge in [-0.15, -0.1) is 0 Å². The zero-order chi connectivity index (χ0) is 34.0. The number of nitriles is 1. The maximum Gasteiger partial charge on any atom is 0.143 e. The van der Waals surface area contributed by atoms with E-state index in [1.54, 1.807) is 6.07 Å². The van der Waals surface area contributed by atoms with E-state index in [0.29, 0.717) is 17.7 Å². The first-order chi connectivity index (χ1) is 24.2. The van der Waals surface area contributed by atoms with E-state index in [4.69, 9.17) is 9.47 Å². The zero-order valence-electron chi connectivity index (χ0n) is 29.2. The molecule has 0 unspecified atom stereocenters. The summed E-state index contributed by atoms with van der Waals surface area (Å²) in [7, 11) is 0. The van der Waals surface area contributed by atoms with Gasteiger partial charge in [-0.25, -0.2) is 4.39 Å². The molecule has 0 N–H and O–H groups in total. The Morgan fingerprint density at radius 3 is 1.63 bits per heavy atom. The normalized spacial score (nSPS) is 13.6. The third-order valence-electron chi connectivity index (χ3n) is 9.93. The Morgan fingerprint density at radius 2 is 1.14 bits per heavy atom. The van der Waals surface area contributed by atoms with E-state index < -0.39 is 11.4 Å². The lowest BCUT2D eigenvalue weighted by Crippen LogP contribution is -2.36. The summed E-state index contributed by atoms with van der Waals surface area (Å²) in [4.78, 5) is 0. The van der Waals surface area contributed by atoms with E-state index >= 15 is 0 Å². The standard InChI is InChI=1S/C45H54FNO2/c46-43-32-38(34-47)31-39(33-43)35-48-44(28-20-9-7-5-3-1-2-4-6-8-13-21-37-29-30-37)36-49-45(40-22-14-10-15-23-40,41-24-16-11-17-25-41)42-26-18-12-19-27-42/h10-12,14-19,22-27,31-33,37,44H,1-9,13,20-21,28-30,35-36H2/t44-/m0/s1. The summed E-state index contributed by atoms with van der Waals surface area (Å²) in [5.41, 5.74) is 3.27. The third-order valence-corrected chi connectivity index (χ3v) is 9.93. The summed E-state index contributed by atoms with van der Waals surface area (Å²) in [5, 5.41) is 9.38. The molecule has 0 heterocycles. The molecule has 258 valence electrons. The predicted molar refractivity (Wildman–Crippen MR) is 198 cm³/mol. The summed E-state index contributed by atoms with van der Waals surface area (Å²) in [6, 6.07) is 37.7. The molecule has 0 saturated heterocycles. The van der Waals surface area contributed by atoms with Gasteiger partial charge in [-0.1, -0.05) is 181 Å². The Bertz CT molecular complexity index is 1430. The van der Waals surface area contributed by atoms with Crippen LogP contribution >= 0.6 is 0 Å². The maximum absolute atomic E-state index is 14.3. The third kappa shape index (κ3) is 11.7. The molecule has 5 rings (SSSR count). The van der Waals surface area contributed by atoms with Crippen molar-refractivity contribution in [3.8, 4) is 6.07 Å². The van der Waals surface area contributed by atoms with Crippen LogP contribution < -0.4 is 0 Å². The SMILES string of the molecule is N#Cc1cc(F)cc(CO[C@@H](CCCCCCCCCCCCCC2CC2)COC(c2ccccc2)(c2ccccc2)c2ccccc2)c1. The van der Waals surface area contributed by atoms with Crippen molar-refractivity contribution in [2.24, 2.45) is 5.92 Å². The van der Waals surface area contributed by atoms with E-state index in [1.165, 1.54) is 89.2 Å². The van der Waals surface area contributed by atoms with Crippen LogP contribution in [0.15, 0.2) is 109 Å². The summed E-state index contributed by atoms with van der Waals surface area (Å²) in [6.07, 6.45) is 19.5. The molecule has 1 saturated carbocycles. The molecule has 4 heteroatoms. The lowest BCUT2D eigenvalue weighted by molar-refractivity contribution is -0.0731. The minimum absolute atomic E-state index is 0.204. The summed E-state index contributed by atoms with van der Waals surface area (Å²) < 4.78 is 27.9. The van der Waals surface area contributed by atoms with Gasteiger partial charge >= 0.3 is 0 Å². The molecule has 4 aromatic rings. The molecular formula is C45H54FNO2. The van der Waals surface area contributed by atoms with Crippen LogP contribution in [0.4, 0.5) is 4.39 Å². The minimum atomic E-state index is -0.838. The quantitative estimate of drug-likeness (QED) is 0.0588. The number of hydrogen-bond acceptors (Lipinski definition) is 3. The number of rotatable bonds is 23. The van der Waals surface area contributed by atoms with Crippen molar-refractivity contribution >= 4 is 0 Å². The average Bonchev–Trinajstić information content (AvgIpc) is 3.98. The second-order valence-electron chi connectivity index (χ2n) is 13.9. The van der Waals surface area contributed by atoms with Gasteiger partial charge < -0.3 is 9.47 Å². The number of halogens is 1. The zero-order valence-corrected chi connectivity index (χ0v) is 29.2. The molecule has 1 atom stereocenters. The largest absolute Gasteiger partial charge is 0.371 e. The van der Waals surface area contributed by atoms with E-state index in [1.807, 2.05) is 18.2 Å². The number of unbranched alkanes of at least 4 members (excludes halogenated alkanes) is 10. The van der Waals surface area contributed by atoms with Gasteiger partial charge in [0.1, 0.15) is 11.4 Å². The number of hydrogen-bond donors (Lipinski definition) is 0. The van der Waals surface area contributed by atoms with Crippen LogP contribution in [-0.4, -0.2) is 12.7 Å². The van der Waals surface area contributed by atoms with Crippen molar-refractivity contribution < 1.29 is 13.9 Å². The molecular weight excluding hydrogens is 605 g/mol. The van der Waals surface area contributed by atoms with Crippen LogP contribution in [0.2, 0.25) is 0 Å². The summed E-state index contributed by atoms with van der Waals surface area (Å²) in [6.45, 7) is 0.579. The highest BCUT2D eigenvalue weighted by Gasteiger charge is 2.38. The molecule has 4 aromatic carbocycles. The Hall–Kier alpha value is -3.78. The van der Waals surface area contributed by atoms with Crippen molar-refractivity contribution in [1.82, 2.24) is 0 Å². The van der Waals surface area contributed by atoms with Crippen molar-refractivity contribution in [2.75, 3.05) is 6.61 Å². The minimum Gasteiger partial charge on any atom is -0.371 e. The second-order valence-corrected chi connectivity index (χ2v) is 13.9. The molecule has 1 fully saturated rings. The molecule has 1 aliphatic rings. The van der Waals surface area contributed by atoms with Crippen LogP contribution in [0.25, 0.3) is 0 Å². The first kappa shape index (κ1) is 36.5. The highest BCUT2D eigenvalue weighted by molar-refractivity contribution is 5.47. The predicted octanol–water partition coefficient (Wildman–Crippen LogP) is 12.1. The fourth-order valence-electron chi connectivity index (χ4n) is 7.02. The van der Waals surface area contributed by atoms with Crippen molar-refractivity contribution in [3.05, 3.63) is 143 Å². The van der Waals surface area contributed by atoms with Crippen molar-refractivity contribution in [2.45, 2.75) is 115 Å². The monoisotopic (exact) mass is 659 g/mol. The van der Waals surface area contributed by atoms with E-state index in [-0.39, 0.29) is 12.7 Å². The van der Waals surface area contributed by atoms with Gasteiger partial charge in [0.2, 0.25) is 0 Å². The Morgan fingerprint density at radius 1 is 0.653 bits per heavy atom. The van der Waals surface area contributed by atoms with E-state index in [2.05, 4.69) is 78.9 Å². The highest BCUT2D eigenvalue weighted by Crippen LogP contribution is 2.41. The molecule has 0 amide bonds. The fraction of sp³-hybridized carbons (Fsp3) is 0.444. The molecule has 1 aliphatic carbocycles. The molecule has 0 bridgehead atoms. The number of nitrogens with zero attached hydrogens (tertiary/aromatic N) is 1. The van der Waals surface area contributed by atoms with Gasteiger partial charge in [-0.05, 0) is 52.8 Å². The van der Waals surface area contributed by atoms with E-state index in [9.17, 15) is 9.65 Å². The lowest BCUT2D eigenvalue weighted by atomic mass is 9.80. The number of benzene rings is 4. The highest BCUT2D eigenvalue weighted by atomic mass is 19.1. The van der Waals surface area contributed by atoms with Gasteiger partial charge in [0, 0.05) is 0 Å². The summed E-state index contributed by atoms with van der Waals surface area (Å²) >= 11 is 0. The maximum atomic E-state index is 14.3. The Labute approximate surface area is 294 Å². The average molecular weight is 660 g/mol. The first-order valence-electron chi connectivity index (χ1n) is 18.8. The fourth-order valence-corrected chi connectivity index (χ4v) is 7.02. The van der Waals surface area contributed by atoms with Gasteiger partial charge in [-0.2, -0.15) is 5.26 Å². The molecule has 0 aliphatic heterocycles. The van der Waals surface area contributed by atoms with Crippen LogP contribution in [-0.2, 0) is 21.7 Å². The molecule has 3 nitrogen and oxygen atoms in total. The van der Waals surface area contributed by atoms with Crippen molar-refractivity contribution in [1.29, 1.82) is 5.26 Å². The molecule has 0 radical (unpaired) electrons. The van der Waals surface area contributed by atoms with Gasteiger partial charge in [0.25, 0.3) is 0 Å². The Kier molecular flexibility index (Phi) is 14.9. The topological polar surface area (TPSA) is 42.2 Å². The van der Waals surface area contributed by atoms with Gasteiger partial charge in [-0.3, -0.25) is 0 Å². The molecule has 49 heavy (non-hydrogen) atoms. The van der Waals surface area contributed by atoms with Crippen LogP contribution in [0, 0.1) is 23.1 Å². The van der Waals surface area contributed by atoms with Gasteiger partial charge in [0.05, 0.1) is 31.0 Å². The van der Waals surface area contributed by atoms with Crippen LogP contribution in [0.5, 0.6) is 0 Å². The summed E-state index contributed by atoms with van der Waals surface area (Å²) in [5.74, 6) is 0.655. The van der Waals surface area contributed by atoms with Gasteiger partial charge in [0.15, 0.2) is 0 Å². The smallest absolute Gasteiger partial charge is 0.143 e. The van der Waals surface area contributed by atoms with Crippen molar-refractivity contribution in [3.63, 3.8) is 0 Å². The van der Waals surface area contributed by atoms with Crippen LogP contribution in [0.3, 0.4) is 0 Å². The second kappa shape index (κ2) is 20.0. The lowest BCUT2D eigenvalue weighted by Gasteiger charge is -2.37.